The van der Waals surface area contributed by atoms with Crippen LogP contribution < -0.4 is 16.0 Å². The van der Waals surface area contributed by atoms with Crippen molar-refractivity contribution in [1.82, 2.24) is 20.6 Å². The van der Waals surface area contributed by atoms with Crippen LogP contribution in [0.2, 0.25) is 5.02 Å². The first kappa shape index (κ1) is 16.3. The first-order valence-electron chi connectivity index (χ1n) is 7.98. The number of nitrogens with zero attached hydrogens (tertiary/aromatic N) is 2. The number of hydrogen-bond acceptors (Lipinski definition) is 6. The lowest BCUT2D eigenvalue weighted by Gasteiger charge is -2.11. The van der Waals surface area contributed by atoms with Crippen LogP contribution in [0, 0.1) is 0 Å². The highest BCUT2D eigenvalue weighted by molar-refractivity contribution is 7.22. The van der Waals surface area contributed by atoms with Crippen LogP contribution in [0.15, 0.2) is 36.5 Å². The summed E-state index contributed by atoms with van der Waals surface area (Å²) in [5, 5.41) is 10.8. The fraction of sp³-hybridized carbons (Fsp3) is 0.235. The molecule has 1 aliphatic heterocycles. The molecule has 6 nitrogen and oxygen atoms in total. The van der Waals surface area contributed by atoms with Gasteiger partial charge in [-0.15, -0.1) is 0 Å². The Morgan fingerprint density at radius 2 is 2.24 bits per heavy atom. The minimum atomic E-state index is -0.0877. The maximum Gasteiger partial charge on any atom is 0.251 e. The number of thiazole rings is 1. The molecule has 0 unspecified atom stereocenters. The van der Waals surface area contributed by atoms with Crippen molar-refractivity contribution in [3.8, 4) is 0 Å². The average molecular weight is 374 g/mol. The zero-order valence-electron chi connectivity index (χ0n) is 13.3. The third kappa shape index (κ3) is 3.73. The van der Waals surface area contributed by atoms with Crippen LogP contribution >= 0.6 is 22.9 Å². The van der Waals surface area contributed by atoms with Gasteiger partial charge in [-0.3, -0.25) is 4.79 Å². The molecule has 1 aromatic carbocycles. The lowest BCUT2D eigenvalue weighted by molar-refractivity contribution is 0.0940. The summed E-state index contributed by atoms with van der Waals surface area (Å²) in [6.07, 6.45) is 2.57. The highest BCUT2D eigenvalue weighted by Gasteiger charge is 2.18. The van der Waals surface area contributed by atoms with Crippen molar-refractivity contribution in [1.29, 1.82) is 0 Å². The Bertz CT molecular complexity index is 922. The molecule has 3 N–H and O–H groups in total. The molecule has 4 rings (SSSR count). The minimum Gasteiger partial charge on any atom is -0.348 e. The van der Waals surface area contributed by atoms with Gasteiger partial charge in [0.1, 0.15) is 5.82 Å². The fourth-order valence-electron chi connectivity index (χ4n) is 2.75. The van der Waals surface area contributed by atoms with E-state index in [1.807, 2.05) is 18.2 Å². The molecule has 1 aliphatic rings. The third-order valence-corrected chi connectivity index (χ3v) is 5.17. The second-order valence-corrected chi connectivity index (χ2v) is 7.32. The lowest BCUT2D eigenvalue weighted by Crippen LogP contribution is -2.36. The quantitative estimate of drug-likeness (QED) is 0.654. The van der Waals surface area contributed by atoms with Gasteiger partial charge >= 0.3 is 0 Å². The fourth-order valence-corrected chi connectivity index (χ4v) is 3.90. The van der Waals surface area contributed by atoms with Crippen LogP contribution in [0.3, 0.4) is 0 Å². The van der Waals surface area contributed by atoms with Gasteiger partial charge in [0.15, 0.2) is 5.13 Å². The Hall–Kier alpha value is -2.22. The van der Waals surface area contributed by atoms with Crippen molar-refractivity contribution < 1.29 is 4.79 Å². The number of carbonyl (C=O) groups excluding carboxylic acids is 1. The van der Waals surface area contributed by atoms with Gasteiger partial charge in [0.25, 0.3) is 5.91 Å². The zero-order valence-corrected chi connectivity index (χ0v) is 14.8. The van der Waals surface area contributed by atoms with E-state index in [-0.39, 0.29) is 11.9 Å². The second-order valence-electron chi connectivity index (χ2n) is 5.85. The van der Waals surface area contributed by atoms with Crippen molar-refractivity contribution >= 4 is 50.0 Å². The number of pyridine rings is 1. The van der Waals surface area contributed by atoms with E-state index in [2.05, 4.69) is 25.9 Å². The van der Waals surface area contributed by atoms with Gasteiger partial charge in [0, 0.05) is 29.4 Å². The molecule has 2 aromatic heterocycles. The van der Waals surface area contributed by atoms with E-state index in [0.29, 0.717) is 21.5 Å². The first-order chi connectivity index (χ1) is 12.2. The second kappa shape index (κ2) is 6.95. The lowest BCUT2D eigenvalue weighted by atomic mass is 10.2. The van der Waals surface area contributed by atoms with Gasteiger partial charge in [-0.25, -0.2) is 9.97 Å². The van der Waals surface area contributed by atoms with Gasteiger partial charge in [0.2, 0.25) is 0 Å². The van der Waals surface area contributed by atoms with Crippen molar-refractivity contribution in [3.05, 3.63) is 47.1 Å². The molecule has 0 bridgehead atoms. The molecule has 25 heavy (non-hydrogen) atoms. The molecular formula is C17H16ClN5OS. The molecule has 0 radical (unpaired) electrons. The van der Waals surface area contributed by atoms with Gasteiger partial charge in [-0.2, -0.15) is 0 Å². The van der Waals surface area contributed by atoms with Crippen molar-refractivity contribution in [2.75, 3.05) is 18.4 Å². The number of benzene rings is 1. The molecule has 1 amide bonds. The normalized spacial score (nSPS) is 16.9. The maximum absolute atomic E-state index is 12.4. The third-order valence-electron chi connectivity index (χ3n) is 4.00. The molecule has 8 heteroatoms. The highest BCUT2D eigenvalue weighted by Crippen LogP contribution is 2.29. The summed E-state index contributed by atoms with van der Waals surface area (Å²) >= 11 is 7.50. The molecule has 3 heterocycles. The summed E-state index contributed by atoms with van der Waals surface area (Å²) in [5.41, 5.74) is 1.45. The van der Waals surface area contributed by atoms with E-state index >= 15 is 0 Å². The molecule has 3 aromatic rings. The summed E-state index contributed by atoms with van der Waals surface area (Å²) in [6.45, 7) is 1.76. The maximum atomic E-state index is 12.4. The summed E-state index contributed by atoms with van der Waals surface area (Å²) in [4.78, 5) is 21.1. The Morgan fingerprint density at radius 3 is 3.08 bits per heavy atom. The number of halogens is 1. The SMILES string of the molecule is O=C(N[C@H]1CCNC1)c1ccnc(Nc2nc3ccc(Cl)cc3s2)c1. The Kier molecular flexibility index (Phi) is 4.52. The smallest absolute Gasteiger partial charge is 0.251 e. The predicted molar refractivity (Wildman–Crippen MR) is 101 cm³/mol. The summed E-state index contributed by atoms with van der Waals surface area (Å²) < 4.78 is 0.998. The van der Waals surface area contributed by atoms with Crippen LogP contribution in [-0.4, -0.2) is 35.0 Å². The van der Waals surface area contributed by atoms with Crippen LogP contribution in [0.1, 0.15) is 16.8 Å². The number of carbonyl (C=O) groups is 1. The number of rotatable bonds is 4. The summed E-state index contributed by atoms with van der Waals surface area (Å²) in [7, 11) is 0. The van der Waals surface area contributed by atoms with Crippen LogP contribution in [-0.2, 0) is 0 Å². The number of fused-ring (bicyclic) bond motifs is 1. The van der Waals surface area contributed by atoms with E-state index in [1.165, 1.54) is 11.3 Å². The van der Waals surface area contributed by atoms with Gasteiger partial charge < -0.3 is 16.0 Å². The first-order valence-corrected chi connectivity index (χ1v) is 9.17. The molecule has 1 fully saturated rings. The van der Waals surface area contributed by atoms with E-state index in [9.17, 15) is 4.79 Å². The summed E-state index contributed by atoms with van der Waals surface area (Å²) in [5.74, 6) is 0.498. The Balaban J connectivity index is 1.51. The van der Waals surface area contributed by atoms with Crippen molar-refractivity contribution in [2.24, 2.45) is 0 Å². The standard InChI is InChI=1S/C17H16ClN5OS/c18-11-1-2-13-14(8-11)25-17(22-13)23-15-7-10(3-6-20-15)16(24)21-12-4-5-19-9-12/h1-3,6-8,12,19H,4-5,9H2,(H,21,24)(H,20,22,23)/t12-/m0/s1. The van der Waals surface area contributed by atoms with Crippen molar-refractivity contribution in [2.45, 2.75) is 12.5 Å². The zero-order chi connectivity index (χ0) is 17.2. The van der Waals surface area contributed by atoms with E-state index in [0.717, 1.165) is 29.7 Å². The molecule has 0 saturated carbocycles. The molecule has 1 saturated heterocycles. The molecule has 128 valence electrons. The van der Waals surface area contributed by atoms with Crippen LogP contribution in [0.4, 0.5) is 10.9 Å². The predicted octanol–water partition coefficient (Wildman–Crippen LogP) is 3.18. The van der Waals surface area contributed by atoms with Gasteiger partial charge in [0.05, 0.1) is 10.2 Å². The molecule has 0 spiro atoms. The minimum absolute atomic E-state index is 0.0877. The number of aromatic nitrogens is 2. The number of anilines is 2. The highest BCUT2D eigenvalue weighted by atomic mass is 35.5. The topological polar surface area (TPSA) is 78.9 Å². The molecule has 0 aliphatic carbocycles. The van der Waals surface area contributed by atoms with Crippen LogP contribution in [0.25, 0.3) is 10.2 Å². The number of hydrogen-bond donors (Lipinski definition) is 3. The number of amides is 1. The van der Waals surface area contributed by atoms with E-state index in [1.54, 1.807) is 18.3 Å². The molecular weight excluding hydrogens is 358 g/mol. The van der Waals surface area contributed by atoms with Gasteiger partial charge in [-0.05, 0) is 43.3 Å². The number of nitrogens with one attached hydrogen (secondary N) is 3. The Morgan fingerprint density at radius 1 is 1.32 bits per heavy atom. The monoisotopic (exact) mass is 373 g/mol. The van der Waals surface area contributed by atoms with Gasteiger partial charge in [-0.1, -0.05) is 22.9 Å². The van der Waals surface area contributed by atoms with Crippen molar-refractivity contribution in [3.63, 3.8) is 0 Å². The van der Waals surface area contributed by atoms with E-state index in [4.69, 9.17) is 11.6 Å². The average Bonchev–Trinajstić information content (AvgIpc) is 3.24. The van der Waals surface area contributed by atoms with Crippen LogP contribution in [0.5, 0.6) is 0 Å². The largest absolute Gasteiger partial charge is 0.348 e. The summed E-state index contributed by atoms with van der Waals surface area (Å²) in [6, 6.07) is 9.21. The van der Waals surface area contributed by atoms with E-state index < -0.39 is 0 Å². The Labute approximate surface area is 153 Å². The molecule has 1 atom stereocenters.